The van der Waals surface area contributed by atoms with E-state index in [0.717, 1.165) is 12.1 Å². The van der Waals surface area contributed by atoms with Crippen LogP contribution in [0.5, 0.6) is 0 Å². The Morgan fingerprint density at radius 1 is 1.42 bits per heavy atom. The Kier molecular flexibility index (Phi) is 5.82. The largest absolute Gasteiger partial charge is 0.352 e. The third kappa shape index (κ3) is 3.94. The van der Waals surface area contributed by atoms with Gasteiger partial charge in [0.1, 0.15) is 5.15 Å². The first-order valence-corrected chi connectivity index (χ1v) is 6.94. The fourth-order valence-electron chi connectivity index (χ4n) is 1.77. The van der Waals surface area contributed by atoms with Crippen LogP contribution in [-0.2, 0) is 7.05 Å². The predicted octanol–water partition coefficient (Wildman–Crippen LogP) is 1.92. The van der Waals surface area contributed by atoms with Crippen LogP contribution < -0.4 is 10.6 Å². The van der Waals surface area contributed by atoms with Crippen LogP contribution in [0, 0.1) is 0 Å². The lowest BCUT2D eigenvalue weighted by Crippen LogP contribution is -2.31. The first-order chi connectivity index (χ1) is 8.88. The standard InChI is InChI=1S/C13H23ClN4O/c1-8(2)11-10(12(14)18(5)17-11)13(19)16-7-6-9(3)15-4/h8-9,15H,6-7H2,1-5H3,(H,16,19)/t9-/m1/s1. The van der Waals surface area contributed by atoms with E-state index in [9.17, 15) is 4.79 Å². The molecule has 0 radical (unpaired) electrons. The summed E-state index contributed by atoms with van der Waals surface area (Å²) in [6, 6.07) is 0.370. The van der Waals surface area contributed by atoms with Crippen molar-refractivity contribution < 1.29 is 4.79 Å². The zero-order valence-electron chi connectivity index (χ0n) is 12.2. The Hall–Kier alpha value is -1.07. The van der Waals surface area contributed by atoms with Crippen LogP contribution in [0.2, 0.25) is 5.15 Å². The number of carbonyl (C=O) groups excluding carboxylic acids is 1. The van der Waals surface area contributed by atoms with Gasteiger partial charge >= 0.3 is 0 Å². The molecular weight excluding hydrogens is 264 g/mol. The summed E-state index contributed by atoms with van der Waals surface area (Å²) < 4.78 is 1.54. The van der Waals surface area contributed by atoms with E-state index in [1.165, 1.54) is 0 Å². The first kappa shape index (κ1) is 16.0. The highest BCUT2D eigenvalue weighted by Crippen LogP contribution is 2.24. The molecule has 2 N–H and O–H groups in total. The minimum atomic E-state index is -0.148. The summed E-state index contributed by atoms with van der Waals surface area (Å²) in [5, 5.41) is 10.7. The molecule has 0 aliphatic heterocycles. The van der Waals surface area contributed by atoms with Crippen LogP contribution in [-0.4, -0.2) is 35.3 Å². The van der Waals surface area contributed by atoms with Crippen LogP contribution in [0.15, 0.2) is 0 Å². The smallest absolute Gasteiger partial charge is 0.256 e. The van der Waals surface area contributed by atoms with Gasteiger partial charge in [-0.25, -0.2) is 0 Å². The Labute approximate surface area is 119 Å². The minimum absolute atomic E-state index is 0.148. The molecule has 6 heteroatoms. The van der Waals surface area contributed by atoms with Gasteiger partial charge in [-0.1, -0.05) is 25.4 Å². The molecule has 0 saturated carbocycles. The SMILES string of the molecule is CN[C@H](C)CCNC(=O)c1c(C(C)C)nn(C)c1Cl. The molecule has 0 aliphatic rings. The molecule has 1 heterocycles. The van der Waals surface area contributed by atoms with Gasteiger partial charge < -0.3 is 10.6 Å². The van der Waals surface area contributed by atoms with Crippen LogP contribution in [0.4, 0.5) is 0 Å². The summed E-state index contributed by atoms with van der Waals surface area (Å²) >= 11 is 6.15. The Morgan fingerprint density at radius 2 is 2.05 bits per heavy atom. The van der Waals surface area contributed by atoms with Crippen molar-refractivity contribution in [3.63, 3.8) is 0 Å². The number of carbonyl (C=O) groups is 1. The normalized spacial score (nSPS) is 12.8. The number of nitrogens with one attached hydrogen (secondary N) is 2. The van der Waals surface area contributed by atoms with Gasteiger partial charge in [0.05, 0.1) is 11.3 Å². The number of hydrogen-bond acceptors (Lipinski definition) is 3. The highest BCUT2D eigenvalue weighted by atomic mass is 35.5. The molecule has 1 rings (SSSR count). The fraction of sp³-hybridized carbons (Fsp3) is 0.692. The van der Waals surface area contributed by atoms with Gasteiger partial charge in [0.15, 0.2) is 0 Å². The number of aromatic nitrogens is 2. The summed E-state index contributed by atoms with van der Waals surface area (Å²) in [5.74, 6) is 0.0146. The monoisotopic (exact) mass is 286 g/mol. The van der Waals surface area contributed by atoms with Crippen molar-refractivity contribution in [1.82, 2.24) is 20.4 Å². The molecule has 0 saturated heterocycles. The summed E-state index contributed by atoms with van der Waals surface area (Å²) in [4.78, 5) is 12.2. The summed E-state index contributed by atoms with van der Waals surface area (Å²) in [5.41, 5.74) is 1.24. The number of hydrogen-bond donors (Lipinski definition) is 2. The molecule has 5 nitrogen and oxygen atoms in total. The maximum absolute atomic E-state index is 12.2. The van der Waals surface area contributed by atoms with Gasteiger partial charge in [-0.3, -0.25) is 9.48 Å². The van der Waals surface area contributed by atoms with Crippen LogP contribution in [0.3, 0.4) is 0 Å². The number of nitrogens with zero attached hydrogens (tertiary/aromatic N) is 2. The molecule has 1 aromatic rings. The summed E-state index contributed by atoms with van der Waals surface area (Å²) in [6.45, 7) is 6.68. The highest BCUT2D eigenvalue weighted by molar-refractivity contribution is 6.33. The molecule has 108 valence electrons. The number of halogens is 1. The van der Waals surface area contributed by atoms with Crippen molar-refractivity contribution in [2.45, 2.75) is 39.2 Å². The second-order valence-corrected chi connectivity index (χ2v) is 5.42. The minimum Gasteiger partial charge on any atom is -0.352 e. The van der Waals surface area contributed by atoms with Crippen LogP contribution in [0.25, 0.3) is 0 Å². The van der Waals surface area contributed by atoms with Crippen molar-refractivity contribution in [3.8, 4) is 0 Å². The second kappa shape index (κ2) is 6.91. The van der Waals surface area contributed by atoms with Crippen LogP contribution >= 0.6 is 11.6 Å². The van der Waals surface area contributed by atoms with E-state index in [1.807, 2.05) is 20.9 Å². The number of amides is 1. The first-order valence-electron chi connectivity index (χ1n) is 6.56. The Bertz CT molecular complexity index is 442. The fourth-order valence-corrected chi connectivity index (χ4v) is 1.99. The van der Waals surface area contributed by atoms with E-state index in [2.05, 4.69) is 22.7 Å². The Balaban J connectivity index is 2.76. The van der Waals surface area contributed by atoms with Gasteiger partial charge in [-0.15, -0.1) is 0 Å². The highest BCUT2D eigenvalue weighted by Gasteiger charge is 2.23. The summed E-state index contributed by atoms with van der Waals surface area (Å²) in [7, 11) is 3.65. The van der Waals surface area contributed by atoms with Gasteiger partial charge in [0, 0.05) is 19.6 Å². The lowest BCUT2D eigenvalue weighted by molar-refractivity contribution is 0.0951. The summed E-state index contributed by atoms with van der Waals surface area (Å²) in [6.07, 6.45) is 0.872. The molecule has 0 bridgehead atoms. The molecule has 0 unspecified atom stereocenters. The van der Waals surface area contributed by atoms with Crippen LogP contribution in [0.1, 0.15) is 49.2 Å². The van der Waals surface area contributed by atoms with E-state index >= 15 is 0 Å². The average molecular weight is 287 g/mol. The molecule has 0 fully saturated rings. The molecule has 0 aliphatic carbocycles. The van der Waals surface area contributed by atoms with E-state index in [0.29, 0.717) is 23.3 Å². The molecule has 19 heavy (non-hydrogen) atoms. The van der Waals surface area contributed by atoms with Gasteiger partial charge in [0.2, 0.25) is 0 Å². The molecule has 0 aromatic carbocycles. The third-order valence-corrected chi connectivity index (χ3v) is 3.57. The van der Waals surface area contributed by atoms with Gasteiger partial charge in [0.25, 0.3) is 5.91 Å². The van der Waals surface area contributed by atoms with Crippen molar-refractivity contribution in [2.75, 3.05) is 13.6 Å². The van der Waals surface area contributed by atoms with Crippen molar-refractivity contribution >= 4 is 17.5 Å². The van der Waals surface area contributed by atoms with E-state index < -0.39 is 0 Å². The van der Waals surface area contributed by atoms with Crippen molar-refractivity contribution in [3.05, 3.63) is 16.4 Å². The lowest BCUT2D eigenvalue weighted by Gasteiger charge is -2.11. The number of rotatable bonds is 6. The zero-order valence-corrected chi connectivity index (χ0v) is 13.0. The molecular formula is C13H23ClN4O. The Morgan fingerprint density at radius 3 is 2.58 bits per heavy atom. The molecule has 1 atom stereocenters. The third-order valence-electron chi connectivity index (χ3n) is 3.13. The van der Waals surface area contributed by atoms with E-state index in [-0.39, 0.29) is 11.8 Å². The van der Waals surface area contributed by atoms with Gasteiger partial charge in [-0.2, -0.15) is 5.10 Å². The number of aryl methyl sites for hydroxylation is 1. The van der Waals surface area contributed by atoms with Crippen molar-refractivity contribution in [2.24, 2.45) is 7.05 Å². The molecule has 1 amide bonds. The van der Waals surface area contributed by atoms with Gasteiger partial charge in [-0.05, 0) is 26.3 Å². The lowest BCUT2D eigenvalue weighted by atomic mass is 10.1. The molecule has 0 spiro atoms. The van der Waals surface area contributed by atoms with Crippen molar-refractivity contribution in [1.29, 1.82) is 0 Å². The second-order valence-electron chi connectivity index (χ2n) is 5.06. The molecule has 1 aromatic heterocycles. The topological polar surface area (TPSA) is 58.9 Å². The maximum Gasteiger partial charge on any atom is 0.256 e. The predicted molar refractivity (Wildman–Crippen MR) is 77.8 cm³/mol. The van der Waals surface area contributed by atoms with E-state index in [4.69, 9.17) is 11.6 Å². The zero-order chi connectivity index (χ0) is 14.6. The average Bonchev–Trinajstić information content (AvgIpc) is 2.65. The maximum atomic E-state index is 12.2. The van der Waals surface area contributed by atoms with E-state index in [1.54, 1.807) is 11.7 Å². The quantitative estimate of drug-likeness (QED) is 0.840.